The summed E-state index contributed by atoms with van der Waals surface area (Å²) in [6, 6.07) is 11.6. The number of rotatable bonds is 10. The summed E-state index contributed by atoms with van der Waals surface area (Å²) < 4.78 is 30.1. The summed E-state index contributed by atoms with van der Waals surface area (Å²) in [5, 5.41) is 2.64. The number of carbonyl (C=O) groups excluding carboxylic acids is 2. The van der Waals surface area contributed by atoms with Gasteiger partial charge in [-0.15, -0.1) is 0 Å². The highest BCUT2D eigenvalue weighted by Crippen LogP contribution is 2.31. The first-order valence-corrected chi connectivity index (χ1v) is 13.0. The number of hydrogen-bond donors (Lipinski definition) is 1. The number of anilines is 2. The van der Waals surface area contributed by atoms with Gasteiger partial charge in [-0.1, -0.05) is 44.2 Å². The van der Waals surface area contributed by atoms with Crippen LogP contribution in [0.2, 0.25) is 0 Å². The number of halogens is 2. The summed E-state index contributed by atoms with van der Waals surface area (Å²) in [6.07, 6.45) is 1.33. The summed E-state index contributed by atoms with van der Waals surface area (Å²) in [7, 11) is 0. The molecule has 6 nitrogen and oxygen atoms in total. The van der Waals surface area contributed by atoms with Crippen LogP contribution < -0.4 is 10.2 Å². The SMILES string of the molecule is CCC(CC)C(=O)Nc1cc(F)c(N2CCN(C(C(=O)N(CC)CC)c3ccccc3)CC2)c(F)c1. The molecule has 1 N–H and O–H groups in total. The standard InChI is InChI=1S/C28H38F2N4O2/c1-5-20(6-2)27(35)31-22-18-23(29)26(24(30)19-22)34-16-14-33(15-17-34)25(21-12-10-9-11-13-21)28(36)32(7-3)8-4/h9-13,18-20,25H,5-8,14-17H2,1-4H3,(H,31,35). The molecular weight excluding hydrogens is 462 g/mol. The molecule has 2 aromatic carbocycles. The fourth-order valence-electron chi connectivity index (χ4n) is 4.90. The van der Waals surface area contributed by atoms with E-state index in [2.05, 4.69) is 10.2 Å². The van der Waals surface area contributed by atoms with E-state index in [1.54, 1.807) is 4.90 Å². The van der Waals surface area contributed by atoms with E-state index >= 15 is 8.78 Å². The molecule has 1 fully saturated rings. The topological polar surface area (TPSA) is 55.9 Å². The molecule has 0 aromatic heterocycles. The Morgan fingerprint density at radius 2 is 1.47 bits per heavy atom. The maximum atomic E-state index is 15.0. The highest BCUT2D eigenvalue weighted by Gasteiger charge is 2.33. The van der Waals surface area contributed by atoms with Gasteiger partial charge >= 0.3 is 0 Å². The van der Waals surface area contributed by atoms with Gasteiger partial charge in [0.2, 0.25) is 11.8 Å². The van der Waals surface area contributed by atoms with Gasteiger partial charge in [-0.3, -0.25) is 14.5 Å². The lowest BCUT2D eigenvalue weighted by Gasteiger charge is -2.41. The largest absolute Gasteiger partial charge is 0.364 e. The number of carbonyl (C=O) groups is 2. The van der Waals surface area contributed by atoms with Crippen LogP contribution in [0.5, 0.6) is 0 Å². The van der Waals surface area contributed by atoms with Crippen molar-refractivity contribution in [3.8, 4) is 0 Å². The normalized spacial score (nSPS) is 15.1. The van der Waals surface area contributed by atoms with Crippen LogP contribution in [-0.4, -0.2) is 60.9 Å². The number of nitrogens with zero attached hydrogens (tertiary/aromatic N) is 3. The van der Waals surface area contributed by atoms with E-state index in [1.165, 1.54) is 12.1 Å². The minimum atomic E-state index is -0.706. The third-order valence-electron chi connectivity index (χ3n) is 7.06. The van der Waals surface area contributed by atoms with Crippen LogP contribution in [0.15, 0.2) is 42.5 Å². The van der Waals surface area contributed by atoms with Crippen molar-refractivity contribution in [2.24, 2.45) is 5.92 Å². The van der Waals surface area contributed by atoms with E-state index in [0.29, 0.717) is 52.1 Å². The van der Waals surface area contributed by atoms with Gasteiger partial charge in [0.1, 0.15) is 11.7 Å². The molecule has 1 heterocycles. The van der Waals surface area contributed by atoms with Crippen molar-refractivity contribution in [2.45, 2.75) is 46.6 Å². The molecule has 3 rings (SSSR count). The zero-order valence-corrected chi connectivity index (χ0v) is 21.8. The van der Waals surface area contributed by atoms with Crippen LogP contribution in [0.25, 0.3) is 0 Å². The minimum absolute atomic E-state index is 0.0366. The molecule has 2 aromatic rings. The summed E-state index contributed by atoms with van der Waals surface area (Å²) >= 11 is 0. The van der Waals surface area contributed by atoms with Gasteiger partial charge in [-0.2, -0.15) is 0 Å². The van der Waals surface area contributed by atoms with Crippen LogP contribution in [0, 0.1) is 17.6 Å². The number of hydrogen-bond acceptors (Lipinski definition) is 4. The van der Waals surface area contributed by atoms with Gasteiger partial charge in [0.15, 0.2) is 11.6 Å². The third kappa shape index (κ3) is 6.22. The van der Waals surface area contributed by atoms with Gasteiger partial charge in [-0.05, 0) is 44.4 Å². The first kappa shape index (κ1) is 27.6. The van der Waals surface area contributed by atoms with Crippen LogP contribution in [0.1, 0.15) is 52.1 Å². The zero-order valence-electron chi connectivity index (χ0n) is 21.8. The zero-order chi connectivity index (χ0) is 26.2. The van der Waals surface area contributed by atoms with E-state index in [-0.39, 0.29) is 29.1 Å². The second-order valence-electron chi connectivity index (χ2n) is 9.14. The third-order valence-corrected chi connectivity index (χ3v) is 7.06. The Labute approximate surface area is 213 Å². The number of nitrogens with one attached hydrogen (secondary N) is 1. The number of benzene rings is 2. The molecule has 0 spiro atoms. The highest BCUT2D eigenvalue weighted by molar-refractivity contribution is 5.92. The first-order valence-electron chi connectivity index (χ1n) is 13.0. The Morgan fingerprint density at radius 1 is 0.917 bits per heavy atom. The van der Waals surface area contributed by atoms with Crippen LogP contribution in [0.4, 0.5) is 20.2 Å². The molecule has 1 aliphatic heterocycles. The van der Waals surface area contributed by atoms with E-state index in [1.807, 2.05) is 62.9 Å². The average Bonchev–Trinajstić information content (AvgIpc) is 2.87. The lowest BCUT2D eigenvalue weighted by molar-refractivity contribution is -0.137. The number of piperazine rings is 1. The lowest BCUT2D eigenvalue weighted by atomic mass is 10.0. The number of amides is 2. The Bertz CT molecular complexity index is 994. The Hall–Kier alpha value is -3.00. The molecule has 1 unspecified atom stereocenters. The second-order valence-corrected chi connectivity index (χ2v) is 9.14. The summed E-state index contributed by atoms with van der Waals surface area (Å²) in [5.74, 6) is -1.80. The van der Waals surface area contributed by atoms with Crippen molar-refractivity contribution >= 4 is 23.2 Å². The quantitative estimate of drug-likeness (QED) is 0.495. The summed E-state index contributed by atoms with van der Waals surface area (Å²) in [6.45, 7) is 10.7. The van der Waals surface area contributed by atoms with Gasteiger partial charge < -0.3 is 15.1 Å². The van der Waals surface area contributed by atoms with Gasteiger partial charge in [-0.25, -0.2) is 8.78 Å². The van der Waals surface area contributed by atoms with Crippen LogP contribution >= 0.6 is 0 Å². The van der Waals surface area contributed by atoms with E-state index in [4.69, 9.17) is 0 Å². The van der Waals surface area contributed by atoms with E-state index < -0.39 is 17.7 Å². The van der Waals surface area contributed by atoms with Crippen LogP contribution in [0.3, 0.4) is 0 Å². The van der Waals surface area contributed by atoms with E-state index in [9.17, 15) is 9.59 Å². The average molecular weight is 501 g/mol. The Kier molecular flexibility index (Phi) is 9.81. The molecule has 1 saturated heterocycles. The monoisotopic (exact) mass is 500 g/mol. The predicted molar refractivity (Wildman–Crippen MR) is 140 cm³/mol. The van der Waals surface area contributed by atoms with Crippen molar-refractivity contribution in [3.05, 3.63) is 59.7 Å². The maximum absolute atomic E-state index is 15.0. The van der Waals surface area contributed by atoms with Crippen molar-refractivity contribution in [3.63, 3.8) is 0 Å². The first-order chi connectivity index (χ1) is 17.3. The minimum Gasteiger partial charge on any atom is -0.364 e. The molecule has 0 aliphatic carbocycles. The fourth-order valence-corrected chi connectivity index (χ4v) is 4.90. The smallest absolute Gasteiger partial charge is 0.244 e. The molecular formula is C28H38F2N4O2. The lowest BCUT2D eigenvalue weighted by Crippen LogP contribution is -2.52. The van der Waals surface area contributed by atoms with E-state index in [0.717, 1.165) is 5.56 Å². The molecule has 1 atom stereocenters. The van der Waals surface area contributed by atoms with Crippen molar-refractivity contribution < 1.29 is 18.4 Å². The van der Waals surface area contributed by atoms with Gasteiger partial charge in [0.25, 0.3) is 0 Å². The molecule has 0 saturated carbocycles. The van der Waals surface area contributed by atoms with Gasteiger partial charge in [0, 0.05) is 50.9 Å². The maximum Gasteiger partial charge on any atom is 0.244 e. The molecule has 36 heavy (non-hydrogen) atoms. The highest BCUT2D eigenvalue weighted by atomic mass is 19.1. The Morgan fingerprint density at radius 3 is 1.97 bits per heavy atom. The van der Waals surface area contributed by atoms with Gasteiger partial charge in [0.05, 0.1) is 0 Å². The van der Waals surface area contributed by atoms with Crippen molar-refractivity contribution in [1.82, 2.24) is 9.80 Å². The van der Waals surface area contributed by atoms with Crippen molar-refractivity contribution in [1.29, 1.82) is 0 Å². The number of likely N-dealkylation sites (N-methyl/N-ethyl adjacent to an activating group) is 1. The van der Waals surface area contributed by atoms with Crippen molar-refractivity contribution in [2.75, 3.05) is 49.5 Å². The Balaban J connectivity index is 1.76. The van der Waals surface area contributed by atoms with Crippen LogP contribution in [-0.2, 0) is 9.59 Å². The summed E-state index contributed by atoms with van der Waals surface area (Å²) in [5.41, 5.74) is 0.942. The molecule has 1 aliphatic rings. The molecule has 0 radical (unpaired) electrons. The predicted octanol–water partition coefficient (Wildman–Crippen LogP) is 5.07. The molecule has 2 amide bonds. The molecule has 0 bridgehead atoms. The fraction of sp³-hybridized carbons (Fsp3) is 0.500. The second kappa shape index (κ2) is 12.8. The molecule has 196 valence electrons. The summed E-state index contributed by atoms with van der Waals surface area (Å²) in [4.78, 5) is 31.3. The molecule has 8 heteroatoms.